The molecule has 2 rings (SSSR count). The lowest BCUT2D eigenvalue weighted by molar-refractivity contribution is -0.128. The number of anilines is 1. The maximum atomic E-state index is 12.4. The van der Waals surface area contributed by atoms with Gasteiger partial charge in [-0.15, -0.1) is 0 Å². The van der Waals surface area contributed by atoms with Gasteiger partial charge in [0.2, 0.25) is 0 Å². The summed E-state index contributed by atoms with van der Waals surface area (Å²) in [6.07, 6.45) is -2.27. The van der Waals surface area contributed by atoms with E-state index in [4.69, 9.17) is 0 Å². The van der Waals surface area contributed by atoms with Crippen molar-refractivity contribution in [2.45, 2.75) is 12.6 Å². The molecule has 0 aromatic carbocycles. The number of hydrogen-bond acceptors (Lipinski definition) is 4. The minimum absolute atomic E-state index is 0.266. The van der Waals surface area contributed by atoms with Crippen LogP contribution in [0.15, 0.2) is 18.5 Å². The summed E-state index contributed by atoms with van der Waals surface area (Å²) < 4.78 is 38.8. The zero-order valence-corrected chi connectivity index (χ0v) is 10.4. The zero-order valence-electron chi connectivity index (χ0n) is 10.4. The molecule has 5 nitrogen and oxygen atoms in total. The fraction of sp³-hybridized carbons (Fsp3) is 0.364. The lowest BCUT2D eigenvalue weighted by atomic mass is 10.2. The van der Waals surface area contributed by atoms with Crippen LogP contribution in [0.4, 0.5) is 19.0 Å². The molecule has 2 aromatic heterocycles. The minimum Gasteiger partial charge on any atom is -0.373 e. The van der Waals surface area contributed by atoms with Gasteiger partial charge in [0.25, 0.3) is 0 Å². The summed E-state index contributed by atoms with van der Waals surface area (Å²) in [7, 11) is 3.31. The molecule has 0 radical (unpaired) electrons. The largest absolute Gasteiger partial charge is 0.396 e. The average molecular weight is 271 g/mol. The van der Waals surface area contributed by atoms with Crippen molar-refractivity contribution in [1.29, 1.82) is 0 Å². The zero-order chi connectivity index (χ0) is 14.0. The lowest BCUT2D eigenvalue weighted by Crippen LogP contribution is -2.15. The minimum atomic E-state index is -4.33. The SMILES string of the molecule is CNc1cc(-c2cnn(C)c2)nc(CC(F)(F)F)n1. The van der Waals surface area contributed by atoms with Crippen molar-refractivity contribution >= 4 is 5.82 Å². The number of halogens is 3. The van der Waals surface area contributed by atoms with E-state index in [1.54, 1.807) is 37.2 Å². The van der Waals surface area contributed by atoms with E-state index in [1.807, 2.05) is 0 Å². The summed E-state index contributed by atoms with van der Waals surface area (Å²) >= 11 is 0. The molecule has 0 aliphatic rings. The van der Waals surface area contributed by atoms with Crippen LogP contribution in [0.25, 0.3) is 11.3 Å². The molecule has 2 heterocycles. The Balaban J connectivity index is 2.41. The van der Waals surface area contributed by atoms with Gasteiger partial charge in [0.15, 0.2) is 0 Å². The first kappa shape index (κ1) is 13.3. The molecule has 19 heavy (non-hydrogen) atoms. The van der Waals surface area contributed by atoms with Crippen molar-refractivity contribution in [2.24, 2.45) is 7.05 Å². The number of aromatic nitrogens is 4. The van der Waals surface area contributed by atoms with E-state index >= 15 is 0 Å². The Morgan fingerprint density at radius 2 is 2.05 bits per heavy atom. The highest BCUT2D eigenvalue weighted by Gasteiger charge is 2.29. The third kappa shape index (κ3) is 3.43. The molecule has 0 atom stereocenters. The average Bonchev–Trinajstić information content (AvgIpc) is 2.73. The van der Waals surface area contributed by atoms with Crippen LogP contribution >= 0.6 is 0 Å². The summed E-state index contributed by atoms with van der Waals surface area (Å²) in [6.45, 7) is 0. The van der Waals surface area contributed by atoms with Gasteiger partial charge in [-0.25, -0.2) is 9.97 Å². The molecule has 0 fully saturated rings. The number of rotatable bonds is 3. The Morgan fingerprint density at radius 1 is 1.32 bits per heavy atom. The normalized spacial score (nSPS) is 11.6. The van der Waals surface area contributed by atoms with Crippen molar-refractivity contribution in [1.82, 2.24) is 19.7 Å². The second-order valence-electron chi connectivity index (χ2n) is 4.00. The van der Waals surface area contributed by atoms with Crippen molar-refractivity contribution in [3.8, 4) is 11.3 Å². The number of hydrogen-bond donors (Lipinski definition) is 1. The van der Waals surface area contributed by atoms with E-state index in [0.29, 0.717) is 17.1 Å². The molecule has 0 bridgehead atoms. The second-order valence-corrected chi connectivity index (χ2v) is 4.00. The van der Waals surface area contributed by atoms with Crippen LogP contribution in [0.2, 0.25) is 0 Å². The first-order valence-electron chi connectivity index (χ1n) is 5.49. The number of nitrogens with one attached hydrogen (secondary N) is 1. The Kier molecular flexibility index (Phi) is 3.41. The molecule has 1 N–H and O–H groups in total. The third-order valence-electron chi connectivity index (χ3n) is 2.39. The Labute approximate surface area is 107 Å². The van der Waals surface area contributed by atoms with Crippen LogP contribution in [0.1, 0.15) is 5.82 Å². The van der Waals surface area contributed by atoms with E-state index in [2.05, 4.69) is 20.4 Å². The topological polar surface area (TPSA) is 55.6 Å². The highest BCUT2D eigenvalue weighted by molar-refractivity contribution is 5.60. The van der Waals surface area contributed by atoms with Gasteiger partial charge in [0.05, 0.1) is 11.9 Å². The molecule has 102 valence electrons. The molecule has 0 amide bonds. The van der Waals surface area contributed by atoms with Gasteiger partial charge in [0, 0.05) is 31.9 Å². The smallest absolute Gasteiger partial charge is 0.373 e. The molecule has 8 heteroatoms. The summed E-state index contributed by atoms with van der Waals surface area (Å²) in [5, 5.41) is 6.69. The van der Waals surface area contributed by atoms with Gasteiger partial charge in [-0.2, -0.15) is 18.3 Å². The van der Waals surface area contributed by atoms with Crippen molar-refractivity contribution < 1.29 is 13.2 Å². The monoisotopic (exact) mass is 271 g/mol. The van der Waals surface area contributed by atoms with Crippen LogP contribution in [0.3, 0.4) is 0 Å². The second kappa shape index (κ2) is 4.87. The van der Waals surface area contributed by atoms with Gasteiger partial charge in [-0.1, -0.05) is 0 Å². The Hall–Kier alpha value is -2.12. The van der Waals surface area contributed by atoms with Crippen LogP contribution in [0, 0.1) is 0 Å². The van der Waals surface area contributed by atoms with Crippen LogP contribution in [-0.4, -0.2) is 33.0 Å². The molecule has 0 saturated heterocycles. The number of aryl methyl sites for hydroxylation is 1. The van der Waals surface area contributed by atoms with E-state index < -0.39 is 12.6 Å². The van der Waals surface area contributed by atoms with Crippen molar-refractivity contribution in [3.63, 3.8) is 0 Å². The van der Waals surface area contributed by atoms with Crippen LogP contribution in [0.5, 0.6) is 0 Å². The molecule has 0 saturated carbocycles. The first-order valence-corrected chi connectivity index (χ1v) is 5.49. The molecular weight excluding hydrogens is 259 g/mol. The van der Waals surface area contributed by atoms with Crippen molar-refractivity contribution in [2.75, 3.05) is 12.4 Å². The third-order valence-corrected chi connectivity index (χ3v) is 2.39. The highest BCUT2D eigenvalue weighted by atomic mass is 19.4. The predicted octanol–water partition coefficient (Wildman–Crippen LogP) is 2.02. The number of alkyl halides is 3. The quantitative estimate of drug-likeness (QED) is 0.928. The molecule has 0 unspecified atom stereocenters. The van der Waals surface area contributed by atoms with Crippen LogP contribution in [-0.2, 0) is 13.5 Å². The molecule has 0 aliphatic heterocycles. The summed E-state index contributed by atoms with van der Waals surface area (Å²) in [4.78, 5) is 7.73. The van der Waals surface area contributed by atoms with Gasteiger partial charge in [-0.3, -0.25) is 4.68 Å². The summed E-state index contributed by atoms with van der Waals surface area (Å²) in [5.41, 5.74) is 1.05. The predicted molar refractivity (Wildman–Crippen MR) is 63.5 cm³/mol. The molecule has 2 aromatic rings. The number of nitrogens with zero attached hydrogens (tertiary/aromatic N) is 4. The van der Waals surface area contributed by atoms with Gasteiger partial charge >= 0.3 is 6.18 Å². The van der Waals surface area contributed by atoms with E-state index in [1.165, 1.54) is 0 Å². The molecular formula is C11H12F3N5. The van der Waals surface area contributed by atoms with Gasteiger partial charge < -0.3 is 5.32 Å². The molecule has 0 spiro atoms. The maximum Gasteiger partial charge on any atom is 0.396 e. The Morgan fingerprint density at radius 3 is 2.58 bits per heavy atom. The highest BCUT2D eigenvalue weighted by Crippen LogP contribution is 2.23. The van der Waals surface area contributed by atoms with E-state index in [0.717, 1.165) is 0 Å². The van der Waals surface area contributed by atoms with Gasteiger partial charge in [-0.05, 0) is 0 Å². The summed E-state index contributed by atoms with van der Waals surface area (Å²) in [5.74, 6) is 0.0753. The Bertz CT molecular complexity index is 576. The van der Waals surface area contributed by atoms with E-state index in [-0.39, 0.29) is 5.82 Å². The fourth-order valence-electron chi connectivity index (χ4n) is 1.58. The summed E-state index contributed by atoms with van der Waals surface area (Å²) in [6, 6.07) is 1.58. The van der Waals surface area contributed by atoms with Crippen molar-refractivity contribution in [3.05, 3.63) is 24.3 Å². The van der Waals surface area contributed by atoms with Gasteiger partial charge in [0.1, 0.15) is 18.1 Å². The maximum absolute atomic E-state index is 12.4. The standard InChI is InChI=1S/C11H12F3N5/c1-15-9-3-8(7-5-16-19(2)6-7)17-10(18-9)4-11(12,13)14/h3,5-6H,4H2,1-2H3,(H,15,17,18). The molecule has 0 aliphatic carbocycles. The van der Waals surface area contributed by atoms with E-state index in [9.17, 15) is 13.2 Å². The van der Waals surface area contributed by atoms with Crippen LogP contribution < -0.4 is 5.32 Å². The first-order chi connectivity index (χ1) is 8.87. The fourth-order valence-corrected chi connectivity index (χ4v) is 1.58. The lowest BCUT2D eigenvalue weighted by Gasteiger charge is -2.08.